The summed E-state index contributed by atoms with van der Waals surface area (Å²) < 4.78 is 5.32. The Hall–Kier alpha value is -3.35. The zero-order valence-electron chi connectivity index (χ0n) is 14.5. The van der Waals surface area contributed by atoms with Crippen LogP contribution in [0.4, 0.5) is 11.4 Å². The molecule has 0 bridgehead atoms. The summed E-state index contributed by atoms with van der Waals surface area (Å²) in [5.41, 5.74) is 2.75. The van der Waals surface area contributed by atoms with Crippen molar-refractivity contribution in [2.24, 2.45) is 5.16 Å². The number of rotatable bonds is 5. The van der Waals surface area contributed by atoms with Crippen LogP contribution in [0.5, 0.6) is 5.75 Å². The van der Waals surface area contributed by atoms with Crippen molar-refractivity contribution in [1.82, 2.24) is 0 Å². The van der Waals surface area contributed by atoms with Gasteiger partial charge in [-0.15, -0.1) is 0 Å². The van der Waals surface area contributed by atoms with Crippen molar-refractivity contribution in [2.45, 2.75) is 19.4 Å². The fourth-order valence-corrected chi connectivity index (χ4v) is 2.62. The first-order valence-corrected chi connectivity index (χ1v) is 8.11. The van der Waals surface area contributed by atoms with E-state index in [4.69, 9.17) is 9.57 Å². The molecule has 0 saturated carbocycles. The summed E-state index contributed by atoms with van der Waals surface area (Å²) in [6.07, 6.45) is -0.346. The summed E-state index contributed by atoms with van der Waals surface area (Å²) in [6.45, 7) is 1.44. The molecule has 0 aromatic heterocycles. The topological polar surface area (TPSA) is 89.0 Å². The van der Waals surface area contributed by atoms with E-state index in [1.165, 1.54) is 6.92 Å². The predicted molar refractivity (Wildman–Crippen MR) is 98.4 cm³/mol. The van der Waals surface area contributed by atoms with Crippen LogP contribution in [-0.4, -0.2) is 30.7 Å². The highest BCUT2D eigenvalue weighted by Crippen LogP contribution is 2.25. The van der Waals surface area contributed by atoms with Crippen molar-refractivity contribution in [3.05, 3.63) is 54.1 Å². The number of ether oxygens (including phenoxy) is 1. The van der Waals surface area contributed by atoms with E-state index < -0.39 is 6.10 Å². The minimum absolute atomic E-state index is 0.151. The smallest absolute Gasteiger partial charge is 0.268 e. The van der Waals surface area contributed by atoms with Gasteiger partial charge < -0.3 is 20.2 Å². The van der Waals surface area contributed by atoms with Gasteiger partial charge in [-0.3, -0.25) is 9.59 Å². The Labute approximate surface area is 151 Å². The van der Waals surface area contributed by atoms with Gasteiger partial charge in [0.25, 0.3) is 5.91 Å². The van der Waals surface area contributed by atoms with Crippen LogP contribution in [0.15, 0.2) is 53.7 Å². The lowest BCUT2D eigenvalue weighted by Crippen LogP contribution is -2.28. The Bertz CT molecular complexity index is 846. The standard InChI is InChI=1S/C19H19N3O4/c1-12(23)20-13-7-9-14(10-8-13)21-19(24)18-11-16(22-26-18)15-5-3-4-6-17(15)25-2/h3-10,18H,11H2,1-2H3,(H,20,23)(H,21,24)/t18-/m0/s1. The van der Waals surface area contributed by atoms with Gasteiger partial charge in [0.15, 0.2) is 0 Å². The van der Waals surface area contributed by atoms with Crippen molar-refractivity contribution in [1.29, 1.82) is 0 Å². The first-order chi connectivity index (χ1) is 12.6. The maximum atomic E-state index is 12.4. The van der Waals surface area contributed by atoms with E-state index in [0.717, 1.165) is 5.56 Å². The lowest BCUT2D eigenvalue weighted by Gasteiger charge is -2.10. The van der Waals surface area contributed by atoms with E-state index in [1.54, 1.807) is 31.4 Å². The molecule has 0 spiro atoms. The highest BCUT2D eigenvalue weighted by Gasteiger charge is 2.30. The van der Waals surface area contributed by atoms with Gasteiger partial charge >= 0.3 is 0 Å². The fraction of sp³-hybridized carbons (Fsp3) is 0.211. The van der Waals surface area contributed by atoms with Crippen LogP contribution in [0, 0.1) is 0 Å². The van der Waals surface area contributed by atoms with Gasteiger partial charge in [-0.2, -0.15) is 0 Å². The third-order valence-corrected chi connectivity index (χ3v) is 3.85. The monoisotopic (exact) mass is 353 g/mol. The van der Waals surface area contributed by atoms with Gasteiger partial charge in [-0.1, -0.05) is 17.3 Å². The summed E-state index contributed by atoms with van der Waals surface area (Å²) in [4.78, 5) is 28.7. The SMILES string of the molecule is COc1ccccc1C1=NO[C@H](C(=O)Nc2ccc(NC(C)=O)cc2)C1. The van der Waals surface area contributed by atoms with Crippen molar-refractivity contribution < 1.29 is 19.2 Å². The minimum atomic E-state index is -0.704. The Morgan fingerprint density at radius 2 is 1.73 bits per heavy atom. The number of para-hydroxylation sites is 1. The average molecular weight is 353 g/mol. The van der Waals surface area contributed by atoms with Crippen LogP contribution in [-0.2, 0) is 14.4 Å². The zero-order chi connectivity index (χ0) is 18.5. The van der Waals surface area contributed by atoms with Crippen molar-refractivity contribution in [3.63, 3.8) is 0 Å². The average Bonchev–Trinajstić information content (AvgIpc) is 3.13. The largest absolute Gasteiger partial charge is 0.496 e. The molecule has 1 heterocycles. The number of hydrogen-bond acceptors (Lipinski definition) is 5. The van der Waals surface area contributed by atoms with Crippen LogP contribution >= 0.6 is 0 Å². The number of carbonyl (C=O) groups excluding carboxylic acids is 2. The number of oxime groups is 1. The second kappa shape index (κ2) is 7.69. The van der Waals surface area contributed by atoms with Crippen LogP contribution < -0.4 is 15.4 Å². The molecule has 7 heteroatoms. The summed E-state index contributed by atoms with van der Waals surface area (Å²) in [5.74, 6) is 0.248. The number of carbonyl (C=O) groups is 2. The van der Waals surface area contributed by atoms with E-state index >= 15 is 0 Å². The van der Waals surface area contributed by atoms with Gasteiger partial charge in [-0.05, 0) is 36.4 Å². The quantitative estimate of drug-likeness (QED) is 0.865. The van der Waals surface area contributed by atoms with E-state index in [-0.39, 0.29) is 11.8 Å². The summed E-state index contributed by atoms with van der Waals surface area (Å²) in [6, 6.07) is 14.3. The summed E-state index contributed by atoms with van der Waals surface area (Å²) in [5, 5.41) is 9.49. The number of benzene rings is 2. The Kier molecular flexibility index (Phi) is 5.17. The van der Waals surface area contributed by atoms with Crippen molar-refractivity contribution in [2.75, 3.05) is 17.7 Å². The van der Waals surface area contributed by atoms with Gasteiger partial charge in [0.1, 0.15) is 5.75 Å². The molecule has 0 unspecified atom stereocenters. The van der Waals surface area contributed by atoms with Crippen molar-refractivity contribution in [3.8, 4) is 5.75 Å². The zero-order valence-corrected chi connectivity index (χ0v) is 14.5. The second-order valence-electron chi connectivity index (χ2n) is 5.78. The molecule has 1 atom stereocenters. The van der Waals surface area contributed by atoms with Gasteiger partial charge in [0.05, 0.1) is 12.8 Å². The number of hydrogen-bond donors (Lipinski definition) is 2. The van der Waals surface area contributed by atoms with Gasteiger partial charge in [-0.25, -0.2) is 0 Å². The Balaban J connectivity index is 1.61. The highest BCUT2D eigenvalue weighted by molar-refractivity contribution is 6.07. The van der Waals surface area contributed by atoms with E-state index in [1.807, 2.05) is 24.3 Å². The van der Waals surface area contributed by atoms with E-state index in [9.17, 15) is 9.59 Å². The molecular formula is C19H19N3O4. The van der Waals surface area contributed by atoms with E-state index in [2.05, 4.69) is 15.8 Å². The molecule has 2 aromatic carbocycles. The Morgan fingerprint density at radius 3 is 2.38 bits per heavy atom. The number of methoxy groups -OCH3 is 1. The molecule has 0 radical (unpaired) electrons. The molecule has 3 rings (SSSR count). The number of amides is 2. The normalized spacial score (nSPS) is 15.6. The predicted octanol–water partition coefficient (Wildman–Crippen LogP) is 2.79. The number of anilines is 2. The van der Waals surface area contributed by atoms with E-state index in [0.29, 0.717) is 29.3 Å². The summed E-state index contributed by atoms with van der Waals surface area (Å²) >= 11 is 0. The third kappa shape index (κ3) is 4.00. The number of nitrogens with one attached hydrogen (secondary N) is 2. The maximum absolute atomic E-state index is 12.4. The molecule has 1 aliphatic heterocycles. The first-order valence-electron chi connectivity index (χ1n) is 8.11. The second-order valence-corrected chi connectivity index (χ2v) is 5.78. The van der Waals surface area contributed by atoms with Crippen LogP contribution in [0.3, 0.4) is 0 Å². The summed E-state index contributed by atoms with van der Waals surface area (Å²) in [7, 11) is 1.59. The van der Waals surface area contributed by atoms with Crippen LogP contribution in [0.25, 0.3) is 0 Å². The minimum Gasteiger partial charge on any atom is -0.496 e. The molecule has 1 aliphatic rings. The molecule has 26 heavy (non-hydrogen) atoms. The molecule has 0 aliphatic carbocycles. The van der Waals surface area contributed by atoms with Gasteiger partial charge in [0, 0.05) is 30.3 Å². The first kappa shape index (κ1) is 17.5. The van der Waals surface area contributed by atoms with Crippen molar-refractivity contribution >= 4 is 28.9 Å². The van der Waals surface area contributed by atoms with Gasteiger partial charge in [0.2, 0.25) is 12.0 Å². The molecule has 7 nitrogen and oxygen atoms in total. The molecule has 0 fully saturated rings. The molecule has 2 N–H and O–H groups in total. The Morgan fingerprint density at radius 1 is 1.08 bits per heavy atom. The fourth-order valence-electron chi connectivity index (χ4n) is 2.62. The molecule has 2 aromatic rings. The highest BCUT2D eigenvalue weighted by atomic mass is 16.6. The molecule has 0 saturated heterocycles. The van der Waals surface area contributed by atoms with Crippen LogP contribution in [0.1, 0.15) is 18.9 Å². The third-order valence-electron chi connectivity index (χ3n) is 3.85. The lowest BCUT2D eigenvalue weighted by atomic mass is 10.0. The maximum Gasteiger partial charge on any atom is 0.268 e. The van der Waals surface area contributed by atoms with Crippen LogP contribution in [0.2, 0.25) is 0 Å². The lowest BCUT2D eigenvalue weighted by molar-refractivity contribution is -0.125. The number of nitrogens with zero attached hydrogens (tertiary/aromatic N) is 1. The molecule has 2 amide bonds. The molecular weight excluding hydrogens is 334 g/mol. The molecule has 134 valence electrons.